The molecule has 0 aliphatic rings. The fourth-order valence-corrected chi connectivity index (χ4v) is 3.28. The van der Waals surface area contributed by atoms with Crippen LogP contribution in [0.2, 0.25) is 0 Å². The minimum atomic E-state index is -0.607. The molecule has 2 nitrogen and oxygen atoms in total. The second-order valence-corrected chi connectivity index (χ2v) is 5.93. The maximum atomic E-state index is 13.2. The van der Waals surface area contributed by atoms with Gasteiger partial charge in [-0.1, -0.05) is 12.1 Å². The van der Waals surface area contributed by atoms with Crippen LogP contribution in [0.4, 0.5) is 4.39 Å². The van der Waals surface area contributed by atoms with Crippen molar-refractivity contribution >= 4 is 21.4 Å². The minimum Gasteiger partial charge on any atom is -0.387 e. The number of fused-ring (bicyclic) bond motifs is 1. The number of rotatable bonds is 3. The van der Waals surface area contributed by atoms with Gasteiger partial charge in [-0.15, -0.1) is 11.3 Å². The van der Waals surface area contributed by atoms with E-state index in [9.17, 15) is 9.50 Å². The zero-order valence-corrected chi connectivity index (χ0v) is 11.8. The Morgan fingerprint density at radius 2 is 2.15 bits per heavy atom. The summed E-state index contributed by atoms with van der Waals surface area (Å²) >= 11 is 1.43. The topological polar surface area (TPSA) is 33.1 Å². The molecule has 0 aliphatic heterocycles. The SMILES string of the molecule is Cc1cccnc1CC(O)c1cc2ccc(F)cc2s1. The van der Waals surface area contributed by atoms with E-state index >= 15 is 0 Å². The Balaban J connectivity index is 1.89. The summed E-state index contributed by atoms with van der Waals surface area (Å²) in [5.74, 6) is -0.249. The number of aliphatic hydroxyl groups excluding tert-OH is 1. The highest BCUT2D eigenvalue weighted by molar-refractivity contribution is 7.19. The molecule has 3 aromatic rings. The number of thiophene rings is 1. The standard InChI is InChI=1S/C16H14FNOS/c1-10-3-2-6-18-13(10)9-14(19)16-7-11-4-5-12(17)8-15(11)20-16/h2-8,14,19H,9H2,1H3. The van der Waals surface area contributed by atoms with Crippen molar-refractivity contribution in [2.45, 2.75) is 19.4 Å². The lowest BCUT2D eigenvalue weighted by molar-refractivity contribution is 0.181. The third kappa shape index (κ3) is 2.57. The van der Waals surface area contributed by atoms with Gasteiger partial charge in [-0.2, -0.15) is 0 Å². The molecule has 1 unspecified atom stereocenters. The normalized spacial score (nSPS) is 12.8. The van der Waals surface area contributed by atoms with Gasteiger partial charge < -0.3 is 5.11 Å². The first-order chi connectivity index (χ1) is 9.63. The molecule has 0 saturated heterocycles. The summed E-state index contributed by atoms with van der Waals surface area (Å²) in [5, 5.41) is 11.3. The molecule has 2 heterocycles. The third-order valence-corrected chi connectivity index (χ3v) is 4.53. The number of aromatic nitrogens is 1. The smallest absolute Gasteiger partial charge is 0.124 e. The molecule has 102 valence electrons. The number of aliphatic hydroxyl groups is 1. The van der Waals surface area contributed by atoms with E-state index in [-0.39, 0.29) is 5.82 Å². The van der Waals surface area contributed by atoms with Gasteiger partial charge in [0, 0.05) is 27.9 Å². The maximum absolute atomic E-state index is 13.2. The second-order valence-electron chi connectivity index (χ2n) is 4.82. The quantitative estimate of drug-likeness (QED) is 0.789. The van der Waals surface area contributed by atoms with Crippen molar-refractivity contribution in [3.8, 4) is 0 Å². The van der Waals surface area contributed by atoms with Gasteiger partial charge in [0.2, 0.25) is 0 Å². The first kappa shape index (κ1) is 13.2. The molecule has 0 amide bonds. The number of aryl methyl sites for hydroxylation is 1. The van der Waals surface area contributed by atoms with E-state index in [1.807, 2.05) is 25.1 Å². The van der Waals surface area contributed by atoms with Gasteiger partial charge in [0.05, 0.1) is 6.10 Å². The fraction of sp³-hybridized carbons (Fsp3) is 0.188. The molecular weight excluding hydrogens is 273 g/mol. The van der Waals surface area contributed by atoms with E-state index in [0.717, 1.165) is 26.2 Å². The Bertz CT molecular complexity index is 753. The van der Waals surface area contributed by atoms with Crippen molar-refractivity contribution in [2.24, 2.45) is 0 Å². The van der Waals surface area contributed by atoms with Gasteiger partial charge in [0.15, 0.2) is 0 Å². The lowest BCUT2D eigenvalue weighted by atomic mass is 10.1. The average Bonchev–Trinajstić information content (AvgIpc) is 2.84. The lowest BCUT2D eigenvalue weighted by Gasteiger charge is -2.09. The summed E-state index contributed by atoms with van der Waals surface area (Å²) < 4.78 is 14.0. The molecule has 0 fully saturated rings. The van der Waals surface area contributed by atoms with Crippen molar-refractivity contribution < 1.29 is 9.50 Å². The van der Waals surface area contributed by atoms with E-state index in [0.29, 0.717) is 6.42 Å². The zero-order chi connectivity index (χ0) is 14.1. The average molecular weight is 287 g/mol. The van der Waals surface area contributed by atoms with Crippen molar-refractivity contribution in [1.82, 2.24) is 4.98 Å². The van der Waals surface area contributed by atoms with Crippen LogP contribution in [0.5, 0.6) is 0 Å². The predicted molar refractivity (Wildman–Crippen MR) is 79.4 cm³/mol. The number of halogens is 1. The molecular formula is C16H14FNOS. The number of hydrogen-bond acceptors (Lipinski definition) is 3. The summed E-state index contributed by atoms with van der Waals surface area (Å²) in [5.41, 5.74) is 1.96. The largest absolute Gasteiger partial charge is 0.387 e. The molecule has 0 bridgehead atoms. The highest BCUT2D eigenvalue weighted by atomic mass is 32.1. The summed E-state index contributed by atoms with van der Waals surface area (Å²) in [7, 11) is 0. The molecule has 1 atom stereocenters. The Kier molecular flexibility index (Phi) is 3.51. The highest BCUT2D eigenvalue weighted by Crippen LogP contribution is 2.32. The van der Waals surface area contributed by atoms with Crippen LogP contribution in [0.1, 0.15) is 22.2 Å². The van der Waals surface area contributed by atoms with Crippen molar-refractivity contribution in [3.05, 3.63) is 64.5 Å². The van der Waals surface area contributed by atoms with E-state index in [1.165, 1.54) is 23.5 Å². The van der Waals surface area contributed by atoms with E-state index < -0.39 is 6.10 Å². The van der Waals surface area contributed by atoms with Crippen molar-refractivity contribution in [2.75, 3.05) is 0 Å². The van der Waals surface area contributed by atoms with Crippen LogP contribution in [-0.2, 0) is 6.42 Å². The molecule has 2 aromatic heterocycles. The van der Waals surface area contributed by atoms with E-state index in [1.54, 1.807) is 12.3 Å². The monoisotopic (exact) mass is 287 g/mol. The molecule has 4 heteroatoms. The highest BCUT2D eigenvalue weighted by Gasteiger charge is 2.14. The van der Waals surface area contributed by atoms with Crippen LogP contribution < -0.4 is 0 Å². The Morgan fingerprint density at radius 3 is 2.95 bits per heavy atom. The van der Waals surface area contributed by atoms with Gasteiger partial charge in [-0.05, 0) is 42.1 Å². The van der Waals surface area contributed by atoms with Gasteiger partial charge in [-0.25, -0.2) is 4.39 Å². The Morgan fingerprint density at radius 1 is 1.30 bits per heavy atom. The molecule has 1 N–H and O–H groups in total. The molecule has 20 heavy (non-hydrogen) atoms. The molecule has 1 aromatic carbocycles. The van der Waals surface area contributed by atoms with Crippen molar-refractivity contribution in [1.29, 1.82) is 0 Å². The summed E-state index contributed by atoms with van der Waals surface area (Å²) in [6, 6.07) is 10.5. The summed E-state index contributed by atoms with van der Waals surface area (Å²) in [6.07, 6.45) is 1.60. The Labute approximate surface area is 120 Å². The number of pyridine rings is 1. The molecule has 0 radical (unpaired) electrons. The number of hydrogen-bond donors (Lipinski definition) is 1. The summed E-state index contributed by atoms with van der Waals surface area (Å²) in [4.78, 5) is 5.14. The van der Waals surface area contributed by atoms with Crippen molar-refractivity contribution in [3.63, 3.8) is 0 Å². The zero-order valence-electron chi connectivity index (χ0n) is 11.0. The molecule has 0 spiro atoms. The third-order valence-electron chi connectivity index (χ3n) is 3.33. The predicted octanol–water partition coefficient (Wildman–Crippen LogP) is 4.02. The molecule has 0 saturated carbocycles. The first-order valence-electron chi connectivity index (χ1n) is 6.41. The fourth-order valence-electron chi connectivity index (χ4n) is 2.21. The second kappa shape index (κ2) is 5.31. The van der Waals surface area contributed by atoms with Crippen LogP contribution in [0.15, 0.2) is 42.6 Å². The van der Waals surface area contributed by atoms with Crippen LogP contribution in [0, 0.1) is 12.7 Å². The van der Waals surface area contributed by atoms with Gasteiger partial charge in [0.25, 0.3) is 0 Å². The first-order valence-corrected chi connectivity index (χ1v) is 7.22. The van der Waals surface area contributed by atoms with Gasteiger partial charge in [0.1, 0.15) is 5.82 Å². The lowest BCUT2D eigenvalue weighted by Crippen LogP contribution is -2.03. The maximum Gasteiger partial charge on any atom is 0.124 e. The van der Waals surface area contributed by atoms with Crippen LogP contribution >= 0.6 is 11.3 Å². The Hall–Kier alpha value is -1.78. The molecule has 3 rings (SSSR count). The summed E-state index contributed by atoms with van der Waals surface area (Å²) in [6.45, 7) is 1.98. The van der Waals surface area contributed by atoms with Crippen LogP contribution in [0.3, 0.4) is 0 Å². The van der Waals surface area contributed by atoms with E-state index in [4.69, 9.17) is 0 Å². The number of benzene rings is 1. The number of nitrogens with zero attached hydrogens (tertiary/aromatic N) is 1. The minimum absolute atomic E-state index is 0.249. The van der Waals surface area contributed by atoms with Gasteiger partial charge >= 0.3 is 0 Å². The van der Waals surface area contributed by atoms with Crippen LogP contribution in [0.25, 0.3) is 10.1 Å². The van der Waals surface area contributed by atoms with Gasteiger partial charge in [-0.3, -0.25) is 4.98 Å². The van der Waals surface area contributed by atoms with E-state index in [2.05, 4.69) is 4.98 Å². The molecule has 0 aliphatic carbocycles. The van der Waals surface area contributed by atoms with Crippen LogP contribution in [-0.4, -0.2) is 10.1 Å².